The number of hydrogen-bond donors (Lipinski definition) is 3. The van der Waals surface area contributed by atoms with E-state index in [1.165, 1.54) is 0 Å². The molecule has 1 heterocycles. The van der Waals surface area contributed by atoms with Crippen molar-refractivity contribution in [3.63, 3.8) is 0 Å². The third-order valence-corrected chi connectivity index (χ3v) is 5.29. The average molecular weight is 390 g/mol. The van der Waals surface area contributed by atoms with Crippen molar-refractivity contribution in [2.75, 3.05) is 38.0 Å². The highest BCUT2D eigenvalue weighted by Gasteiger charge is 2.26. The fourth-order valence-electron chi connectivity index (χ4n) is 3.52. The molecule has 0 spiro atoms. The van der Waals surface area contributed by atoms with E-state index >= 15 is 0 Å². The summed E-state index contributed by atoms with van der Waals surface area (Å²) < 4.78 is 0. The number of anilines is 1. The number of amides is 3. The van der Waals surface area contributed by atoms with E-state index in [1.807, 2.05) is 42.7 Å². The maximum atomic E-state index is 12.2. The van der Waals surface area contributed by atoms with Gasteiger partial charge in [-0.2, -0.15) is 0 Å². The van der Waals surface area contributed by atoms with Crippen LogP contribution in [0.4, 0.5) is 10.5 Å². The molecule has 3 amide bonds. The zero-order valence-corrected chi connectivity index (χ0v) is 16.8. The van der Waals surface area contributed by atoms with Crippen LogP contribution in [0.2, 0.25) is 0 Å². The molecular formula is C20H30N4O4. The Bertz CT molecular complexity index is 714. The van der Waals surface area contributed by atoms with Crippen molar-refractivity contribution in [3.8, 4) is 0 Å². The van der Waals surface area contributed by atoms with Crippen molar-refractivity contribution in [2.45, 2.75) is 39.7 Å². The molecule has 0 saturated carbocycles. The highest BCUT2D eigenvalue weighted by molar-refractivity contribution is 6.02. The number of rotatable bonds is 7. The normalized spacial score (nSPS) is 15.4. The van der Waals surface area contributed by atoms with Crippen LogP contribution in [-0.2, 0) is 9.59 Å². The molecule has 0 radical (unpaired) electrons. The molecule has 2 rings (SSSR count). The van der Waals surface area contributed by atoms with Crippen molar-refractivity contribution in [2.24, 2.45) is 0 Å². The maximum Gasteiger partial charge on any atom is 0.325 e. The number of benzene rings is 1. The Labute approximate surface area is 165 Å². The number of carboxylic acids is 1. The van der Waals surface area contributed by atoms with Crippen LogP contribution in [0, 0.1) is 13.8 Å². The number of likely N-dealkylation sites (tertiary alicyclic amines) is 1. The Hall–Kier alpha value is -2.45. The molecule has 3 N–H and O–H groups in total. The lowest BCUT2D eigenvalue weighted by molar-refractivity contribution is -0.139. The van der Waals surface area contributed by atoms with E-state index in [-0.39, 0.29) is 25.0 Å². The number of aryl methyl sites for hydroxylation is 1. The van der Waals surface area contributed by atoms with Crippen molar-refractivity contribution in [1.29, 1.82) is 0 Å². The fraction of sp³-hybridized carbons (Fsp3) is 0.550. The molecule has 1 fully saturated rings. The molecule has 0 unspecified atom stereocenters. The molecule has 0 aromatic heterocycles. The Morgan fingerprint density at radius 2 is 1.89 bits per heavy atom. The predicted octanol–water partition coefficient (Wildman–Crippen LogP) is 1.82. The molecule has 8 heteroatoms. The van der Waals surface area contributed by atoms with Gasteiger partial charge in [-0.25, -0.2) is 4.79 Å². The van der Waals surface area contributed by atoms with E-state index in [0.29, 0.717) is 25.3 Å². The van der Waals surface area contributed by atoms with Gasteiger partial charge < -0.3 is 10.4 Å². The zero-order valence-electron chi connectivity index (χ0n) is 16.8. The third kappa shape index (κ3) is 6.31. The molecule has 154 valence electrons. The first-order chi connectivity index (χ1) is 13.3. The topological polar surface area (TPSA) is 102 Å². The van der Waals surface area contributed by atoms with E-state index in [0.717, 1.165) is 24.0 Å². The number of carboxylic acid groups (broad SMARTS) is 1. The van der Waals surface area contributed by atoms with Gasteiger partial charge in [0.2, 0.25) is 5.91 Å². The number of imide groups is 1. The molecule has 1 aliphatic heterocycles. The standard InChI is InChI=1S/C20H30N4O4/c1-4-24(13-19(26)27)16-8-10-23(11-9-16)12-18(25)22-20(28)21-17-7-5-6-14(2)15(17)3/h5-7,16H,4,8-13H2,1-3H3,(H,26,27)(H2,21,22,25,28). The van der Waals surface area contributed by atoms with Gasteiger partial charge in [-0.15, -0.1) is 0 Å². The highest BCUT2D eigenvalue weighted by atomic mass is 16.4. The van der Waals surface area contributed by atoms with Gasteiger partial charge >= 0.3 is 12.0 Å². The molecule has 1 aromatic rings. The lowest BCUT2D eigenvalue weighted by Crippen LogP contribution is -2.49. The van der Waals surface area contributed by atoms with Crippen molar-refractivity contribution >= 4 is 23.6 Å². The highest BCUT2D eigenvalue weighted by Crippen LogP contribution is 2.18. The van der Waals surface area contributed by atoms with Gasteiger partial charge in [0, 0.05) is 24.8 Å². The monoisotopic (exact) mass is 390 g/mol. The first-order valence-corrected chi connectivity index (χ1v) is 9.65. The average Bonchev–Trinajstić information content (AvgIpc) is 2.64. The summed E-state index contributed by atoms with van der Waals surface area (Å²) >= 11 is 0. The second-order valence-corrected chi connectivity index (χ2v) is 7.21. The number of urea groups is 1. The van der Waals surface area contributed by atoms with E-state index in [1.54, 1.807) is 6.07 Å². The maximum absolute atomic E-state index is 12.2. The number of hydrogen-bond acceptors (Lipinski definition) is 5. The lowest BCUT2D eigenvalue weighted by Gasteiger charge is -2.37. The van der Waals surface area contributed by atoms with Gasteiger partial charge in [-0.1, -0.05) is 19.1 Å². The van der Waals surface area contributed by atoms with E-state index in [4.69, 9.17) is 5.11 Å². The predicted molar refractivity (Wildman–Crippen MR) is 107 cm³/mol. The number of likely N-dealkylation sites (N-methyl/N-ethyl adjacent to an activating group) is 1. The molecule has 0 aliphatic carbocycles. The first kappa shape index (κ1) is 21.8. The number of aliphatic carboxylic acids is 1. The molecular weight excluding hydrogens is 360 g/mol. The zero-order chi connectivity index (χ0) is 20.7. The van der Waals surface area contributed by atoms with Gasteiger partial charge in [-0.3, -0.25) is 24.7 Å². The van der Waals surface area contributed by atoms with Gasteiger partial charge in [0.25, 0.3) is 0 Å². The quantitative estimate of drug-likeness (QED) is 0.656. The summed E-state index contributed by atoms with van der Waals surface area (Å²) in [5.74, 6) is -1.17. The van der Waals surface area contributed by atoms with Gasteiger partial charge in [0.1, 0.15) is 0 Å². The second-order valence-electron chi connectivity index (χ2n) is 7.21. The summed E-state index contributed by atoms with van der Waals surface area (Å²) in [6.07, 6.45) is 1.62. The van der Waals surface area contributed by atoms with Crippen LogP contribution < -0.4 is 10.6 Å². The molecule has 1 aliphatic rings. The fourth-order valence-corrected chi connectivity index (χ4v) is 3.52. The van der Waals surface area contributed by atoms with Gasteiger partial charge in [0.05, 0.1) is 13.1 Å². The van der Waals surface area contributed by atoms with Crippen LogP contribution in [0.3, 0.4) is 0 Å². The van der Waals surface area contributed by atoms with Gasteiger partial charge in [0.15, 0.2) is 0 Å². The molecule has 0 atom stereocenters. The molecule has 1 aromatic carbocycles. The number of carbonyl (C=O) groups excluding carboxylic acids is 2. The Balaban J connectivity index is 1.77. The van der Waals surface area contributed by atoms with Gasteiger partial charge in [-0.05, 0) is 50.4 Å². The van der Waals surface area contributed by atoms with Crippen molar-refractivity contribution in [3.05, 3.63) is 29.3 Å². The minimum Gasteiger partial charge on any atom is -0.480 e. The summed E-state index contributed by atoms with van der Waals surface area (Å²) in [5, 5.41) is 14.1. The van der Waals surface area contributed by atoms with Crippen LogP contribution in [0.25, 0.3) is 0 Å². The van der Waals surface area contributed by atoms with Crippen molar-refractivity contribution < 1.29 is 19.5 Å². The van der Waals surface area contributed by atoms with Crippen LogP contribution in [0.5, 0.6) is 0 Å². The Kier molecular flexibility index (Phi) is 7.95. The summed E-state index contributed by atoms with van der Waals surface area (Å²) in [6.45, 7) is 8.12. The third-order valence-electron chi connectivity index (χ3n) is 5.29. The Morgan fingerprint density at radius 1 is 1.21 bits per heavy atom. The molecule has 28 heavy (non-hydrogen) atoms. The smallest absolute Gasteiger partial charge is 0.325 e. The summed E-state index contributed by atoms with van der Waals surface area (Å²) in [7, 11) is 0. The van der Waals surface area contributed by atoms with Crippen LogP contribution in [0.1, 0.15) is 30.9 Å². The van der Waals surface area contributed by atoms with Crippen molar-refractivity contribution in [1.82, 2.24) is 15.1 Å². The summed E-state index contributed by atoms with van der Waals surface area (Å²) in [6, 6.07) is 5.30. The van der Waals surface area contributed by atoms with E-state index in [2.05, 4.69) is 10.6 Å². The first-order valence-electron chi connectivity index (χ1n) is 9.65. The molecule has 8 nitrogen and oxygen atoms in total. The van der Waals surface area contributed by atoms with Crippen LogP contribution in [0.15, 0.2) is 18.2 Å². The van der Waals surface area contributed by atoms with Crippen LogP contribution in [-0.4, -0.2) is 71.6 Å². The molecule has 0 bridgehead atoms. The number of nitrogens with zero attached hydrogens (tertiary/aromatic N) is 2. The molecule has 1 saturated heterocycles. The van der Waals surface area contributed by atoms with Crippen LogP contribution >= 0.6 is 0 Å². The van der Waals surface area contributed by atoms with E-state index in [9.17, 15) is 14.4 Å². The Morgan fingerprint density at radius 3 is 2.50 bits per heavy atom. The minimum atomic E-state index is -0.821. The number of carbonyl (C=O) groups is 3. The summed E-state index contributed by atoms with van der Waals surface area (Å²) in [4.78, 5) is 39.2. The minimum absolute atomic E-state index is 0.0419. The second kappa shape index (κ2) is 10.2. The SMILES string of the molecule is CCN(CC(=O)O)C1CCN(CC(=O)NC(=O)Nc2cccc(C)c2C)CC1. The lowest BCUT2D eigenvalue weighted by atomic mass is 10.0. The number of nitrogens with one attached hydrogen (secondary N) is 2. The summed E-state index contributed by atoms with van der Waals surface area (Å²) in [5.41, 5.74) is 2.72. The number of piperidine rings is 1. The largest absolute Gasteiger partial charge is 0.480 e. The van der Waals surface area contributed by atoms with E-state index < -0.39 is 12.0 Å².